The number of carbonyl (C=O) groups is 1. The third kappa shape index (κ3) is 3.42. The van der Waals surface area contributed by atoms with Crippen LogP contribution in [0, 0.1) is 0 Å². The molecule has 0 radical (unpaired) electrons. The van der Waals surface area contributed by atoms with E-state index in [0.717, 1.165) is 19.2 Å². The van der Waals surface area contributed by atoms with Gasteiger partial charge in [0, 0.05) is 6.07 Å². The first kappa shape index (κ1) is 13.4. The standard InChI is InChI=1S/C9H7ClF3NO3/c1-16-8(15)4-2-6(14)7(3-5(4)10)17-9(11,12)13/h2-3H,14H2,1H3. The predicted octanol–water partition coefficient (Wildman–Crippen LogP) is 2.61. The van der Waals surface area contributed by atoms with E-state index in [1.165, 1.54) is 0 Å². The van der Waals surface area contributed by atoms with Gasteiger partial charge < -0.3 is 15.2 Å². The lowest BCUT2D eigenvalue weighted by atomic mass is 10.2. The largest absolute Gasteiger partial charge is 0.573 e. The first-order valence-corrected chi connectivity index (χ1v) is 4.55. The molecule has 1 aromatic carbocycles. The predicted molar refractivity (Wildman–Crippen MR) is 53.9 cm³/mol. The molecule has 0 aliphatic carbocycles. The number of hydrogen-bond acceptors (Lipinski definition) is 4. The number of ether oxygens (including phenoxy) is 2. The van der Waals surface area contributed by atoms with E-state index >= 15 is 0 Å². The van der Waals surface area contributed by atoms with Crippen molar-refractivity contribution in [2.24, 2.45) is 0 Å². The van der Waals surface area contributed by atoms with Gasteiger partial charge in [-0.2, -0.15) is 0 Å². The maximum atomic E-state index is 12.0. The number of nitrogen functional groups attached to an aromatic ring is 1. The van der Waals surface area contributed by atoms with Crippen molar-refractivity contribution in [3.05, 3.63) is 22.7 Å². The third-order valence-corrected chi connectivity index (χ3v) is 2.04. The highest BCUT2D eigenvalue weighted by atomic mass is 35.5. The second-order valence-corrected chi connectivity index (χ2v) is 3.32. The smallest absolute Gasteiger partial charge is 0.465 e. The molecule has 0 spiro atoms. The molecule has 8 heteroatoms. The summed E-state index contributed by atoms with van der Waals surface area (Å²) in [6.45, 7) is 0. The number of halogens is 4. The molecule has 17 heavy (non-hydrogen) atoms. The van der Waals surface area contributed by atoms with Gasteiger partial charge in [-0.05, 0) is 6.07 Å². The number of benzene rings is 1. The van der Waals surface area contributed by atoms with E-state index < -0.39 is 18.1 Å². The Balaban J connectivity index is 3.14. The van der Waals surface area contributed by atoms with E-state index in [4.69, 9.17) is 17.3 Å². The number of carbonyl (C=O) groups excluding carboxylic acids is 1. The third-order valence-electron chi connectivity index (χ3n) is 1.73. The molecule has 1 aromatic rings. The van der Waals surface area contributed by atoms with Crippen molar-refractivity contribution in [2.45, 2.75) is 6.36 Å². The van der Waals surface area contributed by atoms with Crippen molar-refractivity contribution in [2.75, 3.05) is 12.8 Å². The molecule has 0 atom stereocenters. The van der Waals surface area contributed by atoms with E-state index in [1.807, 2.05) is 0 Å². The SMILES string of the molecule is COC(=O)c1cc(N)c(OC(F)(F)F)cc1Cl. The van der Waals surface area contributed by atoms with E-state index in [0.29, 0.717) is 0 Å². The Hall–Kier alpha value is -1.63. The van der Waals surface area contributed by atoms with Crippen LogP contribution in [-0.2, 0) is 4.74 Å². The van der Waals surface area contributed by atoms with Crippen LogP contribution in [0.5, 0.6) is 5.75 Å². The number of nitrogens with two attached hydrogens (primary N) is 1. The number of esters is 1. The molecular weight excluding hydrogens is 263 g/mol. The van der Waals surface area contributed by atoms with Crippen LogP contribution in [0.1, 0.15) is 10.4 Å². The van der Waals surface area contributed by atoms with Crippen LogP contribution in [0.15, 0.2) is 12.1 Å². The first-order chi connectivity index (χ1) is 7.74. The van der Waals surface area contributed by atoms with Gasteiger partial charge in [-0.15, -0.1) is 13.2 Å². The summed E-state index contributed by atoms with van der Waals surface area (Å²) in [7, 11) is 1.11. The molecule has 0 saturated heterocycles. The zero-order chi connectivity index (χ0) is 13.2. The van der Waals surface area contributed by atoms with Crippen LogP contribution in [0.3, 0.4) is 0 Å². The van der Waals surface area contributed by atoms with Crippen molar-refractivity contribution >= 4 is 23.3 Å². The number of hydrogen-bond donors (Lipinski definition) is 1. The summed E-state index contributed by atoms with van der Waals surface area (Å²) in [5.41, 5.74) is 4.79. The highest BCUT2D eigenvalue weighted by Crippen LogP contribution is 2.33. The topological polar surface area (TPSA) is 61.5 Å². The van der Waals surface area contributed by atoms with Gasteiger partial charge in [-0.3, -0.25) is 0 Å². The molecule has 0 aliphatic heterocycles. The molecular formula is C9H7ClF3NO3. The van der Waals surface area contributed by atoms with Gasteiger partial charge in [0.25, 0.3) is 0 Å². The zero-order valence-corrected chi connectivity index (χ0v) is 9.22. The van der Waals surface area contributed by atoms with Gasteiger partial charge in [0.15, 0.2) is 5.75 Å². The van der Waals surface area contributed by atoms with Crippen LogP contribution in [0.25, 0.3) is 0 Å². The molecule has 0 unspecified atom stereocenters. The minimum Gasteiger partial charge on any atom is -0.465 e. The zero-order valence-electron chi connectivity index (χ0n) is 8.47. The fourth-order valence-electron chi connectivity index (χ4n) is 1.05. The number of rotatable bonds is 2. The Morgan fingerprint density at radius 2 is 2.00 bits per heavy atom. The molecule has 0 fully saturated rings. The Morgan fingerprint density at radius 1 is 1.41 bits per heavy atom. The van der Waals surface area contributed by atoms with E-state index in [2.05, 4.69) is 9.47 Å². The van der Waals surface area contributed by atoms with E-state index in [1.54, 1.807) is 0 Å². The van der Waals surface area contributed by atoms with Gasteiger partial charge >= 0.3 is 12.3 Å². The van der Waals surface area contributed by atoms with Gasteiger partial charge in [-0.1, -0.05) is 11.6 Å². The minimum atomic E-state index is -4.88. The highest BCUT2D eigenvalue weighted by molar-refractivity contribution is 6.33. The molecule has 0 bridgehead atoms. The van der Waals surface area contributed by atoms with Gasteiger partial charge in [0.05, 0.1) is 23.4 Å². The molecule has 0 amide bonds. The van der Waals surface area contributed by atoms with Gasteiger partial charge in [0.1, 0.15) is 0 Å². The van der Waals surface area contributed by atoms with Crippen LogP contribution in [-0.4, -0.2) is 19.4 Å². The highest BCUT2D eigenvalue weighted by Gasteiger charge is 2.32. The summed E-state index contributed by atoms with van der Waals surface area (Å²) in [5.74, 6) is -1.48. The lowest BCUT2D eigenvalue weighted by Crippen LogP contribution is -2.18. The van der Waals surface area contributed by atoms with Crippen LogP contribution in [0.4, 0.5) is 18.9 Å². The van der Waals surface area contributed by atoms with Crippen molar-refractivity contribution in [3.63, 3.8) is 0 Å². The average Bonchev–Trinajstić information content (AvgIpc) is 2.20. The molecule has 94 valence electrons. The lowest BCUT2D eigenvalue weighted by Gasteiger charge is -2.12. The second kappa shape index (κ2) is 4.70. The van der Waals surface area contributed by atoms with Crippen molar-refractivity contribution in [3.8, 4) is 5.75 Å². The number of anilines is 1. The van der Waals surface area contributed by atoms with Gasteiger partial charge in [-0.25, -0.2) is 4.79 Å². The van der Waals surface area contributed by atoms with E-state index in [-0.39, 0.29) is 16.3 Å². The molecule has 4 nitrogen and oxygen atoms in total. The molecule has 0 heterocycles. The van der Waals surface area contributed by atoms with Crippen LogP contribution < -0.4 is 10.5 Å². The maximum Gasteiger partial charge on any atom is 0.573 e. The van der Waals surface area contributed by atoms with E-state index in [9.17, 15) is 18.0 Å². The summed E-state index contributed by atoms with van der Waals surface area (Å²) in [4.78, 5) is 11.2. The van der Waals surface area contributed by atoms with Crippen LogP contribution in [0.2, 0.25) is 5.02 Å². The number of alkyl halides is 3. The lowest BCUT2D eigenvalue weighted by molar-refractivity contribution is -0.274. The molecule has 0 saturated carbocycles. The van der Waals surface area contributed by atoms with Crippen molar-refractivity contribution in [1.29, 1.82) is 0 Å². The summed E-state index contributed by atoms with van der Waals surface area (Å²) in [6.07, 6.45) is -4.88. The second-order valence-electron chi connectivity index (χ2n) is 2.91. The quantitative estimate of drug-likeness (QED) is 0.662. The Kier molecular flexibility index (Phi) is 3.72. The van der Waals surface area contributed by atoms with Crippen LogP contribution >= 0.6 is 11.6 Å². The maximum absolute atomic E-state index is 12.0. The number of methoxy groups -OCH3 is 1. The average molecular weight is 270 g/mol. The fraction of sp³-hybridized carbons (Fsp3) is 0.222. The Bertz CT molecular complexity index is 448. The summed E-state index contributed by atoms with van der Waals surface area (Å²) < 4.78 is 43.9. The van der Waals surface area contributed by atoms with Crippen molar-refractivity contribution < 1.29 is 27.4 Å². The van der Waals surface area contributed by atoms with Gasteiger partial charge in [0.2, 0.25) is 0 Å². The Morgan fingerprint density at radius 3 is 2.47 bits per heavy atom. The molecule has 0 aromatic heterocycles. The summed E-state index contributed by atoms with van der Waals surface area (Å²) in [6, 6.07) is 1.76. The Labute approximate surface area is 99.1 Å². The fourth-order valence-corrected chi connectivity index (χ4v) is 1.28. The van der Waals surface area contributed by atoms with Crippen molar-refractivity contribution in [1.82, 2.24) is 0 Å². The summed E-state index contributed by atoms with van der Waals surface area (Å²) >= 11 is 5.60. The summed E-state index contributed by atoms with van der Waals surface area (Å²) in [5, 5.41) is -0.245. The first-order valence-electron chi connectivity index (χ1n) is 4.17. The molecule has 1 rings (SSSR count). The monoisotopic (exact) mass is 269 g/mol. The normalized spacial score (nSPS) is 11.1. The molecule has 2 N–H and O–H groups in total. The molecule has 0 aliphatic rings. The minimum absolute atomic E-state index is 0.138.